The molecule has 0 bridgehead atoms. The van der Waals surface area contributed by atoms with E-state index in [-0.39, 0.29) is 5.78 Å². The molecule has 1 aliphatic rings. The molecule has 0 saturated carbocycles. The van der Waals surface area contributed by atoms with Gasteiger partial charge in [-0.1, -0.05) is 12.1 Å². The van der Waals surface area contributed by atoms with Crippen molar-refractivity contribution in [1.82, 2.24) is 0 Å². The zero-order valence-corrected chi connectivity index (χ0v) is 10.1. The molecule has 0 amide bonds. The summed E-state index contributed by atoms with van der Waals surface area (Å²) in [7, 11) is 0. The summed E-state index contributed by atoms with van der Waals surface area (Å²) in [4.78, 5) is 13.8. The molecular formula is C14H19NO. The molecule has 86 valence electrons. The molecule has 0 spiro atoms. The number of Topliss-reactive ketones (excluding diaryl/α,β-unsaturated/α-hetero) is 1. The topological polar surface area (TPSA) is 20.3 Å². The minimum Gasteiger partial charge on any atom is -0.371 e. The van der Waals surface area contributed by atoms with Crippen molar-refractivity contribution in [2.24, 2.45) is 0 Å². The highest BCUT2D eigenvalue weighted by Gasteiger charge is 2.14. The lowest BCUT2D eigenvalue weighted by molar-refractivity contribution is 0.101. The fourth-order valence-electron chi connectivity index (χ4n) is 2.30. The van der Waals surface area contributed by atoms with Gasteiger partial charge in [-0.2, -0.15) is 0 Å². The number of hydrogen-bond acceptors (Lipinski definition) is 2. The Balaban J connectivity index is 2.30. The van der Waals surface area contributed by atoms with Gasteiger partial charge in [0.05, 0.1) is 0 Å². The number of benzene rings is 1. The number of anilines is 1. The van der Waals surface area contributed by atoms with E-state index >= 15 is 0 Å². The summed E-state index contributed by atoms with van der Waals surface area (Å²) in [6.07, 6.45) is 3.87. The number of piperidine rings is 1. The number of aryl methyl sites for hydroxylation is 1. The summed E-state index contributed by atoms with van der Waals surface area (Å²) in [5, 5.41) is 0. The number of rotatable bonds is 2. The Hall–Kier alpha value is -1.31. The molecule has 0 N–H and O–H groups in total. The molecule has 2 heteroatoms. The van der Waals surface area contributed by atoms with Crippen LogP contribution in [0.15, 0.2) is 18.2 Å². The van der Waals surface area contributed by atoms with Gasteiger partial charge in [0.2, 0.25) is 0 Å². The largest absolute Gasteiger partial charge is 0.371 e. The van der Waals surface area contributed by atoms with Crippen LogP contribution in [0.25, 0.3) is 0 Å². The zero-order valence-electron chi connectivity index (χ0n) is 10.1. The van der Waals surface area contributed by atoms with Gasteiger partial charge < -0.3 is 4.90 Å². The first-order chi connectivity index (χ1) is 7.68. The van der Waals surface area contributed by atoms with Crippen LogP contribution in [0.1, 0.15) is 42.1 Å². The molecule has 1 aromatic carbocycles. The maximum absolute atomic E-state index is 11.4. The third-order valence-electron chi connectivity index (χ3n) is 3.31. The molecule has 0 unspecified atom stereocenters. The molecule has 2 rings (SSSR count). The van der Waals surface area contributed by atoms with Crippen LogP contribution in [-0.2, 0) is 0 Å². The van der Waals surface area contributed by atoms with Crippen LogP contribution in [0.5, 0.6) is 0 Å². The number of nitrogens with zero attached hydrogens (tertiary/aromatic N) is 1. The zero-order chi connectivity index (χ0) is 11.5. The van der Waals surface area contributed by atoms with Crippen molar-refractivity contribution < 1.29 is 4.79 Å². The first-order valence-corrected chi connectivity index (χ1v) is 6.05. The first-order valence-electron chi connectivity index (χ1n) is 6.05. The van der Waals surface area contributed by atoms with Crippen molar-refractivity contribution in [2.75, 3.05) is 18.0 Å². The minimum absolute atomic E-state index is 0.151. The van der Waals surface area contributed by atoms with E-state index in [1.807, 2.05) is 12.1 Å². The van der Waals surface area contributed by atoms with Crippen molar-refractivity contribution in [3.05, 3.63) is 29.3 Å². The summed E-state index contributed by atoms with van der Waals surface area (Å²) in [5.41, 5.74) is 3.34. The predicted octanol–water partition coefficient (Wildman–Crippen LogP) is 3.19. The van der Waals surface area contributed by atoms with Gasteiger partial charge in [-0.15, -0.1) is 0 Å². The monoisotopic (exact) mass is 217 g/mol. The van der Waals surface area contributed by atoms with E-state index < -0.39 is 0 Å². The number of carbonyl (C=O) groups excluding carboxylic acids is 1. The third kappa shape index (κ3) is 2.26. The van der Waals surface area contributed by atoms with Crippen LogP contribution in [0.3, 0.4) is 0 Å². The van der Waals surface area contributed by atoms with Crippen LogP contribution in [0, 0.1) is 6.92 Å². The fourth-order valence-corrected chi connectivity index (χ4v) is 2.30. The molecule has 2 nitrogen and oxygen atoms in total. The normalized spacial score (nSPS) is 16.2. The maximum Gasteiger partial charge on any atom is 0.159 e. The second-order valence-corrected chi connectivity index (χ2v) is 4.61. The maximum atomic E-state index is 11.4. The Morgan fingerprint density at radius 3 is 2.50 bits per heavy atom. The van der Waals surface area contributed by atoms with Gasteiger partial charge in [-0.3, -0.25) is 4.79 Å². The van der Waals surface area contributed by atoms with Crippen molar-refractivity contribution in [2.45, 2.75) is 33.1 Å². The summed E-state index contributed by atoms with van der Waals surface area (Å²) in [6, 6.07) is 6.02. The van der Waals surface area contributed by atoms with E-state index in [1.54, 1.807) is 6.92 Å². The number of ketones is 1. The van der Waals surface area contributed by atoms with Crippen LogP contribution in [0.4, 0.5) is 5.69 Å². The van der Waals surface area contributed by atoms with Gasteiger partial charge in [0, 0.05) is 24.3 Å². The fraction of sp³-hybridized carbons (Fsp3) is 0.500. The molecule has 16 heavy (non-hydrogen) atoms. The molecule has 0 aliphatic carbocycles. The molecule has 1 fully saturated rings. The van der Waals surface area contributed by atoms with Crippen molar-refractivity contribution >= 4 is 11.5 Å². The average Bonchev–Trinajstić information content (AvgIpc) is 2.30. The molecule has 0 aromatic heterocycles. The standard InChI is InChI=1S/C14H19NO/c1-11-6-7-13(12(2)16)10-14(11)15-8-4-3-5-9-15/h6-7,10H,3-5,8-9H2,1-2H3. The SMILES string of the molecule is CC(=O)c1ccc(C)c(N2CCCCC2)c1. The van der Waals surface area contributed by atoms with E-state index in [9.17, 15) is 4.79 Å². The molecule has 1 aliphatic heterocycles. The third-order valence-corrected chi connectivity index (χ3v) is 3.31. The van der Waals surface area contributed by atoms with E-state index in [0.717, 1.165) is 18.7 Å². The van der Waals surface area contributed by atoms with E-state index in [0.29, 0.717) is 0 Å². The first kappa shape index (κ1) is 11.2. The second-order valence-electron chi connectivity index (χ2n) is 4.61. The van der Waals surface area contributed by atoms with Gasteiger partial charge in [-0.05, 0) is 44.7 Å². The van der Waals surface area contributed by atoms with Gasteiger partial charge in [-0.25, -0.2) is 0 Å². The molecule has 0 atom stereocenters. The molecule has 1 saturated heterocycles. The lowest BCUT2D eigenvalue weighted by Gasteiger charge is -2.30. The highest BCUT2D eigenvalue weighted by molar-refractivity contribution is 5.95. The van der Waals surface area contributed by atoms with Crippen LogP contribution in [-0.4, -0.2) is 18.9 Å². The molecular weight excluding hydrogens is 198 g/mol. The van der Waals surface area contributed by atoms with Crippen LogP contribution < -0.4 is 4.90 Å². The van der Waals surface area contributed by atoms with Gasteiger partial charge >= 0.3 is 0 Å². The highest BCUT2D eigenvalue weighted by atomic mass is 16.1. The summed E-state index contributed by atoms with van der Waals surface area (Å²) >= 11 is 0. The van der Waals surface area contributed by atoms with Crippen LogP contribution >= 0.6 is 0 Å². The Labute approximate surface area is 97.3 Å². The number of carbonyl (C=O) groups is 1. The minimum atomic E-state index is 0.151. The van der Waals surface area contributed by atoms with Crippen molar-refractivity contribution in [1.29, 1.82) is 0 Å². The predicted molar refractivity (Wildman–Crippen MR) is 67.2 cm³/mol. The highest BCUT2D eigenvalue weighted by Crippen LogP contribution is 2.25. The smallest absolute Gasteiger partial charge is 0.159 e. The summed E-state index contributed by atoms with van der Waals surface area (Å²) < 4.78 is 0. The molecule has 1 heterocycles. The lowest BCUT2D eigenvalue weighted by atomic mass is 10.0. The quantitative estimate of drug-likeness (QED) is 0.709. The summed E-state index contributed by atoms with van der Waals surface area (Å²) in [5.74, 6) is 0.151. The van der Waals surface area contributed by atoms with Crippen molar-refractivity contribution in [3.8, 4) is 0 Å². The van der Waals surface area contributed by atoms with E-state index in [1.165, 1.54) is 30.5 Å². The van der Waals surface area contributed by atoms with Gasteiger partial charge in [0.15, 0.2) is 5.78 Å². The summed E-state index contributed by atoms with van der Waals surface area (Å²) in [6.45, 7) is 6.00. The van der Waals surface area contributed by atoms with Gasteiger partial charge in [0.25, 0.3) is 0 Å². The molecule has 1 aromatic rings. The number of hydrogen-bond donors (Lipinski definition) is 0. The lowest BCUT2D eigenvalue weighted by Crippen LogP contribution is -2.30. The molecule has 0 radical (unpaired) electrons. The Morgan fingerprint density at radius 2 is 1.88 bits per heavy atom. The average molecular weight is 217 g/mol. The van der Waals surface area contributed by atoms with Crippen molar-refractivity contribution in [3.63, 3.8) is 0 Å². The Kier molecular flexibility index (Phi) is 3.28. The van der Waals surface area contributed by atoms with E-state index in [4.69, 9.17) is 0 Å². The van der Waals surface area contributed by atoms with Crippen LogP contribution in [0.2, 0.25) is 0 Å². The van der Waals surface area contributed by atoms with Gasteiger partial charge in [0.1, 0.15) is 0 Å². The Morgan fingerprint density at radius 1 is 1.19 bits per heavy atom. The Bertz CT molecular complexity index is 392. The van der Waals surface area contributed by atoms with E-state index in [2.05, 4.69) is 17.9 Å². The second kappa shape index (κ2) is 4.69.